The number of piperazine rings is 1. The first-order chi connectivity index (χ1) is 13.5. The van der Waals surface area contributed by atoms with Gasteiger partial charge in [-0.3, -0.25) is 19.1 Å². The van der Waals surface area contributed by atoms with Gasteiger partial charge in [0.15, 0.2) is 0 Å². The van der Waals surface area contributed by atoms with Gasteiger partial charge in [-0.1, -0.05) is 23.7 Å². The van der Waals surface area contributed by atoms with Crippen LogP contribution in [0.15, 0.2) is 46.0 Å². The van der Waals surface area contributed by atoms with E-state index in [1.54, 1.807) is 4.90 Å². The zero-order valence-electron chi connectivity index (χ0n) is 15.2. The van der Waals surface area contributed by atoms with E-state index in [4.69, 9.17) is 11.6 Å². The van der Waals surface area contributed by atoms with Gasteiger partial charge in [0.1, 0.15) is 11.3 Å². The average Bonchev–Trinajstić information content (AvgIpc) is 2.72. The summed E-state index contributed by atoms with van der Waals surface area (Å²) >= 11 is 6.26. The number of hydrogen-bond donors (Lipinski definition) is 1. The number of aromatic amines is 1. The molecule has 1 aliphatic rings. The highest BCUT2D eigenvalue weighted by Crippen LogP contribution is 2.26. The number of para-hydroxylation sites is 1. The number of hydrogen-bond acceptors (Lipinski definition) is 5. The molecule has 0 bridgehead atoms. The first kappa shape index (κ1) is 18.2. The third-order valence-electron chi connectivity index (χ3n) is 4.94. The summed E-state index contributed by atoms with van der Waals surface area (Å²) in [6, 6.07) is 10.7. The Morgan fingerprint density at radius 2 is 1.79 bits per heavy atom. The molecule has 1 aromatic carbocycles. The van der Waals surface area contributed by atoms with Crippen molar-refractivity contribution >= 4 is 34.2 Å². The Kier molecular flexibility index (Phi) is 4.64. The lowest BCUT2D eigenvalue weighted by atomic mass is 10.2. The molecule has 0 radical (unpaired) electrons. The van der Waals surface area contributed by atoms with E-state index in [2.05, 4.69) is 14.9 Å². The van der Waals surface area contributed by atoms with Gasteiger partial charge in [-0.15, -0.1) is 0 Å². The van der Waals surface area contributed by atoms with Crippen LogP contribution in [-0.4, -0.2) is 51.5 Å². The van der Waals surface area contributed by atoms with E-state index in [1.807, 2.05) is 24.3 Å². The fourth-order valence-corrected chi connectivity index (χ4v) is 3.62. The van der Waals surface area contributed by atoms with Gasteiger partial charge in [0.2, 0.25) is 0 Å². The van der Waals surface area contributed by atoms with Gasteiger partial charge in [0, 0.05) is 33.2 Å². The minimum Gasteiger partial charge on any atom is -0.367 e. The van der Waals surface area contributed by atoms with Crippen molar-refractivity contribution in [1.29, 1.82) is 0 Å². The van der Waals surface area contributed by atoms with Crippen LogP contribution in [0.5, 0.6) is 0 Å². The summed E-state index contributed by atoms with van der Waals surface area (Å²) in [5.41, 5.74) is 0.267. The molecule has 8 nitrogen and oxygen atoms in total. The Morgan fingerprint density at radius 1 is 1.07 bits per heavy atom. The summed E-state index contributed by atoms with van der Waals surface area (Å²) in [4.78, 5) is 46.9. The van der Waals surface area contributed by atoms with Crippen molar-refractivity contribution in [2.75, 3.05) is 31.1 Å². The third-order valence-corrected chi connectivity index (χ3v) is 5.26. The summed E-state index contributed by atoms with van der Waals surface area (Å²) < 4.78 is 1.23. The molecule has 28 heavy (non-hydrogen) atoms. The molecule has 0 aliphatic carbocycles. The highest BCUT2D eigenvalue weighted by Gasteiger charge is 2.24. The topological polar surface area (TPSA) is 91.3 Å². The van der Waals surface area contributed by atoms with Crippen LogP contribution in [0.1, 0.15) is 10.5 Å². The smallest absolute Gasteiger partial charge is 0.329 e. The number of carbonyl (C=O) groups is 1. The number of rotatable bonds is 2. The fourth-order valence-electron chi connectivity index (χ4n) is 3.37. The van der Waals surface area contributed by atoms with Gasteiger partial charge >= 0.3 is 5.69 Å². The SMILES string of the molecule is Cn1c(=O)[nH]c(=O)c2ccc(C(=O)N3CCN(c4ccccc4Cl)CC3)nc21. The van der Waals surface area contributed by atoms with Crippen LogP contribution in [-0.2, 0) is 7.05 Å². The second-order valence-corrected chi connectivity index (χ2v) is 7.02. The maximum Gasteiger partial charge on any atom is 0.329 e. The Balaban J connectivity index is 1.56. The molecule has 0 unspecified atom stereocenters. The number of nitrogens with one attached hydrogen (secondary N) is 1. The lowest BCUT2D eigenvalue weighted by molar-refractivity contribution is 0.0741. The summed E-state index contributed by atoms with van der Waals surface area (Å²) in [6.45, 7) is 2.36. The summed E-state index contributed by atoms with van der Waals surface area (Å²) in [7, 11) is 1.50. The van der Waals surface area contributed by atoms with E-state index in [-0.39, 0.29) is 22.6 Å². The molecular formula is C19H18ClN5O3. The van der Waals surface area contributed by atoms with Gasteiger partial charge < -0.3 is 9.80 Å². The second kappa shape index (κ2) is 7.12. The van der Waals surface area contributed by atoms with Crippen LogP contribution >= 0.6 is 11.6 Å². The fraction of sp³-hybridized carbons (Fsp3) is 0.263. The van der Waals surface area contributed by atoms with Gasteiger partial charge in [0.25, 0.3) is 11.5 Å². The van der Waals surface area contributed by atoms with Crippen molar-refractivity contribution in [1.82, 2.24) is 19.4 Å². The lowest BCUT2D eigenvalue weighted by Gasteiger charge is -2.36. The molecule has 0 saturated carbocycles. The van der Waals surface area contributed by atoms with Crippen molar-refractivity contribution in [2.45, 2.75) is 0 Å². The number of amides is 1. The predicted octanol–water partition coefficient (Wildman–Crippen LogP) is 1.24. The quantitative estimate of drug-likeness (QED) is 0.700. The van der Waals surface area contributed by atoms with Gasteiger partial charge in [0.05, 0.1) is 16.1 Å². The normalized spacial score (nSPS) is 14.5. The number of anilines is 1. The van der Waals surface area contributed by atoms with Gasteiger partial charge in [-0.2, -0.15) is 0 Å². The minimum atomic E-state index is -0.567. The molecule has 1 N–H and O–H groups in total. The van der Waals surface area contributed by atoms with Gasteiger partial charge in [-0.25, -0.2) is 9.78 Å². The Hall–Kier alpha value is -3.13. The number of aromatic nitrogens is 3. The monoisotopic (exact) mass is 399 g/mol. The molecule has 3 heterocycles. The van der Waals surface area contributed by atoms with Crippen LogP contribution in [0.2, 0.25) is 5.02 Å². The molecule has 2 aromatic heterocycles. The van der Waals surface area contributed by atoms with E-state index in [1.165, 1.54) is 23.7 Å². The van der Waals surface area contributed by atoms with Crippen molar-refractivity contribution in [3.8, 4) is 0 Å². The molecule has 4 rings (SSSR count). The molecule has 1 fully saturated rings. The molecule has 3 aromatic rings. The number of halogens is 1. The molecule has 1 amide bonds. The van der Waals surface area contributed by atoms with E-state index in [9.17, 15) is 14.4 Å². The number of benzene rings is 1. The maximum atomic E-state index is 12.9. The molecule has 0 spiro atoms. The number of H-pyrrole nitrogens is 1. The zero-order chi connectivity index (χ0) is 19.8. The van der Waals surface area contributed by atoms with E-state index >= 15 is 0 Å². The van der Waals surface area contributed by atoms with E-state index < -0.39 is 11.2 Å². The largest absolute Gasteiger partial charge is 0.367 e. The Bertz CT molecular complexity index is 1180. The molecule has 9 heteroatoms. The molecule has 1 aliphatic heterocycles. The number of nitrogens with zero attached hydrogens (tertiary/aromatic N) is 4. The van der Waals surface area contributed by atoms with Crippen molar-refractivity contribution < 1.29 is 4.79 Å². The second-order valence-electron chi connectivity index (χ2n) is 6.62. The first-order valence-electron chi connectivity index (χ1n) is 8.84. The highest BCUT2D eigenvalue weighted by molar-refractivity contribution is 6.33. The minimum absolute atomic E-state index is 0.189. The first-order valence-corrected chi connectivity index (χ1v) is 9.22. The average molecular weight is 400 g/mol. The van der Waals surface area contributed by atoms with E-state index in [0.717, 1.165) is 5.69 Å². The van der Waals surface area contributed by atoms with Crippen LogP contribution in [0.4, 0.5) is 5.69 Å². The zero-order valence-corrected chi connectivity index (χ0v) is 15.9. The number of pyridine rings is 1. The van der Waals surface area contributed by atoms with Crippen molar-refractivity contribution in [2.24, 2.45) is 7.05 Å². The third kappa shape index (κ3) is 3.16. The van der Waals surface area contributed by atoms with Crippen molar-refractivity contribution in [3.05, 3.63) is 68.0 Å². The molecule has 144 valence electrons. The van der Waals surface area contributed by atoms with Crippen LogP contribution in [0, 0.1) is 0 Å². The van der Waals surface area contributed by atoms with Crippen LogP contribution < -0.4 is 16.1 Å². The standard InChI is InChI=1S/C19H18ClN5O3/c1-23-16-12(17(26)22-19(23)28)6-7-14(21-16)18(27)25-10-8-24(9-11-25)15-5-3-2-4-13(15)20/h2-7H,8-11H2,1H3,(H,22,26,28). The van der Waals surface area contributed by atoms with Crippen LogP contribution in [0.25, 0.3) is 11.0 Å². The Labute approximate surface area is 165 Å². The number of aryl methyl sites for hydroxylation is 1. The molecule has 0 atom stereocenters. The summed E-state index contributed by atoms with van der Waals surface area (Å²) in [5.74, 6) is -0.228. The molecular weight excluding hydrogens is 382 g/mol. The number of fused-ring (bicyclic) bond motifs is 1. The highest BCUT2D eigenvalue weighted by atomic mass is 35.5. The lowest BCUT2D eigenvalue weighted by Crippen LogP contribution is -2.49. The predicted molar refractivity (Wildman–Crippen MR) is 107 cm³/mol. The van der Waals surface area contributed by atoms with Crippen LogP contribution in [0.3, 0.4) is 0 Å². The Morgan fingerprint density at radius 3 is 2.50 bits per heavy atom. The van der Waals surface area contributed by atoms with Gasteiger partial charge in [-0.05, 0) is 24.3 Å². The maximum absolute atomic E-state index is 12.9. The summed E-state index contributed by atoms with van der Waals surface area (Å²) in [5, 5.41) is 0.951. The van der Waals surface area contributed by atoms with Crippen molar-refractivity contribution in [3.63, 3.8) is 0 Å². The summed E-state index contributed by atoms with van der Waals surface area (Å²) in [6.07, 6.45) is 0. The molecule has 1 saturated heterocycles. The number of carbonyl (C=O) groups excluding carboxylic acids is 1. The van der Waals surface area contributed by atoms with E-state index in [0.29, 0.717) is 31.2 Å².